The van der Waals surface area contributed by atoms with Crippen LogP contribution in [-0.4, -0.2) is 13.7 Å². The van der Waals surface area contributed by atoms with Crippen molar-refractivity contribution in [2.45, 2.75) is 38.5 Å². The first kappa shape index (κ1) is 13.0. The molecule has 1 unspecified atom stereocenters. The standard InChI is InChI=1S/C14H23NO/c1-3-5-12(6-4-11-15)13-7-9-14(16-2)10-8-13/h7-10,12H,3-6,11,15H2,1-2H3. The van der Waals surface area contributed by atoms with E-state index in [-0.39, 0.29) is 0 Å². The van der Waals surface area contributed by atoms with E-state index in [9.17, 15) is 0 Å². The van der Waals surface area contributed by atoms with Crippen molar-refractivity contribution in [2.24, 2.45) is 5.73 Å². The van der Waals surface area contributed by atoms with Gasteiger partial charge in [0, 0.05) is 0 Å². The normalized spacial score (nSPS) is 12.4. The summed E-state index contributed by atoms with van der Waals surface area (Å²) < 4.78 is 5.17. The third-order valence-electron chi connectivity index (χ3n) is 2.98. The number of benzene rings is 1. The molecule has 0 aliphatic heterocycles. The molecule has 0 radical (unpaired) electrons. The molecule has 0 bridgehead atoms. The Morgan fingerprint density at radius 1 is 1.19 bits per heavy atom. The predicted molar refractivity (Wildman–Crippen MR) is 68.9 cm³/mol. The average molecular weight is 221 g/mol. The fraction of sp³-hybridized carbons (Fsp3) is 0.571. The summed E-state index contributed by atoms with van der Waals surface area (Å²) in [5.41, 5.74) is 6.99. The Morgan fingerprint density at radius 2 is 1.88 bits per heavy atom. The van der Waals surface area contributed by atoms with E-state index >= 15 is 0 Å². The zero-order valence-electron chi connectivity index (χ0n) is 10.4. The van der Waals surface area contributed by atoms with Crippen molar-refractivity contribution in [2.75, 3.05) is 13.7 Å². The summed E-state index contributed by atoms with van der Waals surface area (Å²) in [5, 5.41) is 0. The number of hydrogen-bond donors (Lipinski definition) is 1. The highest BCUT2D eigenvalue weighted by molar-refractivity contribution is 5.29. The number of hydrogen-bond acceptors (Lipinski definition) is 2. The van der Waals surface area contributed by atoms with E-state index < -0.39 is 0 Å². The first-order valence-corrected chi connectivity index (χ1v) is 6.15. The molecular formula is C14H23NO. The minimum atomic E-state index is 0.652. The zero-order valence-corrected chi connectivity index (χ0v) is 10.4. The maximum absolute atomic E-state index is 5.58. The van der Waals surface area contributed by atoms with E-state index in [1.54, 1.807) is 7.11 Å². The fourth-order valence-electron chi connectivity index (χ4n) is 2.07. The number of ether oxygens (including phenoxy) is 1. The molecule has 2 nitrogen and oxygen atoms in total. The van der Waals surface area contributed by atoms with Gasteiger partial charge in [-0.15, -0.1) is 0 Å². The molecular weight excluding hydrogens is 198 g/mol. The van der Waals surface area contributed by atoms with Gasteiger partial charge in [-0.3, -0.25) is 0 Å². The minimum absolute atomic E-state index is 0.652. The van der Waals surface area contributed by atoms with Crippen molar-refractivity contribution in [3.8, 4) is 5.75 Å². The summed E-state index contributed by atoms with van der Waals surface area (Å²) in [7, 11) is 1.70. The lowest BCUT2D eigenvalue weighted by Gasteiger charge is -2.16. The lowest BCUT2D eigenvalue weighted by atomic mass is 9.90. The summed E-state index contributed by atoms with van der Waals surface area (Å²) in [6, 6.07) is 8.44. The average Bonchev–Trinajstić information content (AvgIpc) is 2.35. The van der Waals surface area contributed by atoms with Gasteiger partial charge in [-0.2, -0.15) is 0 Å². The van der Waals surface area contributed by atoms with Gasteiger partial charge in [-0.1, -0.05) is 25.5 Å². The van der Waals surface area contributed by atoms with Crippen LogP contribution in [0.2, 0.25) is 0 Å². The first-order valence-electron chi connectivity index (χ1n) is 6.15. The molecule has 0 saturated carbocycles. The highest BCUT2D eigenvalue weighted by atomic mass is 16.5. The second-order valence-corrected chi connectivity index (χ2v) is 4.19. The van der Waals surface area contributed by atoms with Gasteiger partial charge in [0.2, 0.25) is 0 Å². The van der Waals surface area contributed by atoms with Crippen LogP contribution < -0.4 is 10.5 Å². The Morgan fingerprint density at radius 3 is 2.38 bits per heavy atom. The largest absolute Gasteiger partial charge is 0.497 e. The van der Waals surface area contributed by atoms with Crippen LogP contribution in [0.5, 0.6) is 5.75 Å². The van der Waals surface area contributed by atoms with Crippen molar-refractivity contribution in [3.05, 3.63) is 29.8 Å². The van der Waals surface area contributed by atoms with Gasteiger partial charge in [0.05, 0.1) is 7.11 Å². The van der Waals surface area contributed by atoms with Crippen molar-refractivity contribution in [3.63, 3.8) is 0 Å². The number of methoxy groups -OCH3 is 1. The van der Waals surface area contributed by atoms with Gasteiger partial charge in [0.25, 0.3) is 0 Å². The summed E-state index contributed by atoms with van der Waals surface area (Å²) in [6.45, 7) is 3.02. The van der Waals surface area contributed by atoms with Crippen molar-refractivity contribution in [1.29, 1.82) is 0 Å². The van der Waals surface area contributed by atoms with Crippen LogP contribution in [0.4, 0.5) is 0 Å². The molecule has 0 aromatic heterocycles. The van der Waals surface area contributed by atoms with Gasteiger partial charge >= 0.3 is 0 Å². The third kappa shape index (κ3) is 3.86. The summed E-state index contributed by atoms with van der Waals surface area (Å²) in [4.78, 5) is 0. The van der Waals surface area contributed by atoms with E-state index in [1.165, 1.54) is 24.8 Å². The van der Waals surface area contributed by atoms with Gasteiger partial charge in [-0.05, 0) is 49.4 Å². The Balaban J connectivity index is 2.67. The lowest BCUT2D eigenvalue weighted by molar-refractivity contribution is 0.414. The maximum Gasteiger partial charge on any atom is 0.118 e. The lowest BCUT2D eigenvalue weighted by Crippen LogP contribution is -2.04. The molecule has 16 heavy (non-hydrogen) atoms. The molecule has 2 N–H and O–H groups in total. The minimum Gasteiger partial charge on any atom is -0.497 e. The molecule has 90 valence electrons. The van der Waals surface area contributed by atoms with Crippen LogP contribution in [0.3, 0.4) is 0 Å². The third-order valence-corrected chi connectivity index (χ3v) is 2.98. The van der Waals surface area contributed by atoms with E-state index in [0.717, 1.165) is 18.7 Å². The Kier molecular flexibility index (Phi) is 5.94. The first-order chi connectivity index (χ1) is 7.81. The predicted octanol–water partition coefficient (Wildman–Crippen LogP) is 3.32. The Hall–Kier alpha value is -1.02. The quantitative estimate of drug-likeness (QED) is 0.766. The van der Waals surface area contributed by atoms with Crippen molar-refractivity contribution >= 4 is 0 Å². The molecule has 0 amide bonds. The smallest absolute Gasteiger partial charge is 0.118 e. The van der Waals surface area contributed by atoms with Crippen molar-refractivity contribution < 1.29 is 4.74 Å². The summed E-state index contributed by atoms with van der Waals surface area (Å²) in [6.07, 6.45) is 4.76. The van der Waals surface area contributed by atoms with Crippen LogP contribution in [0, 0.1) is 0 Å². The Bertz CT molecular complexity index is 281. The van der Waals surface area contributed by atoms with Crippen LogP contribution in [0.15, 0.2) is 24.3 Å². The number of rotatable bonds is 7. The molecule has 1 atom stereocenters. The SMILES string of the molecule is CCCC(CCCN)c1ccc(OC)cc1. The Labute approximate surface area is 98.8 Å². The maximum atomic E-state index is 5.58. The highest BCUT2D eigenvalue weighted by Crippen LogP contribution is 2.27. The van der Waals surface area contributed by atoms with Crippen LogP contribution >= 0.6 is 0 Å². The van der Waals surface area contributed by atoms with Crippen LogP contribution in [0.25, 0.3) is 0 Å². The topological polar surface area (TPSA) is 35.2 Å². The monoisotopic (exact) mass is 221 g/mol. The second kappa shape index (κ2) is 7.29. The molecule has 0 aliphatic carbocycles. The fourth-order valence-corrected chi connectivity index (χ4v) is 2.07. The molecule has 1 rings (SSSR count). The molecule has 0 spiro atoms. The summed E-state index contributed by atoms with van der Waals surface area (Å²) in [5.74, 6) is 1.58. The highest BCUT2D eigenvalue weighted by Gasteiger charge is 2.09. The van der Waals surface area contributed by atoms with Crippen LogP contribution in [0.1, 0.15) is 44.1 Å². The zero-order chi connectivity index (χ0) is 11.8. The van der Waals surface area contributed by atoms with Gasteiger partial charge in [0.15, 0.2) is 0 Å². The molecule has 1 aromatic rings. The van der Waals surface area contributed by atoms with Gasteiger partial charge in [0.1, 0.15) is 5.75 Å². The van der Waals surface area contributed by atoms with Gasteiger partial charge in [-0.25, -0.2) is 0 Å². The van der Waals surface area contributed by atoms with E-state index in [4.69, 9.17) is 10.5 Å². The molecule has 0 aliphatic rings. The van der Waals surface area contributed by atoms with Crippen molar-refractivity contribution in [1.82, 2.24) is 0 Å². The molecule has 0 heterocycles. The second-order valence-electron chi connectivity index (χ2n) is 4.19. The summed E-state index contributed by atoms with van der Waals surface area (Å²) >= 11 is 0. The molecule has 0 fully saturated rings. The molecule has 2 heteroatoms. The molecule has 0 saturated heterocycles. The van der Waals surface area contributed by atoms with E-state index in [1.807, 2.05) is 12.1 Å². The van der Waals surface area contributed by atoms with Gasteiger partial charge < -0.3 is 10.5 Å². The van der Waals surface area contributed by atoms with E-state index in [0.29, 0.717) is 5.92 Å². The number of nitrogens with two attached hydrogens (primary N) is 1. The molecule has 1 aromatic carbocycles. The van der Waals surface area contributed by atoms with Crippen LogP contribution in [-0.2, 0) is 0 Å². The van der Waals surface area contributed by atoms with E-state index in [2.05, 4.69) is 19.1 Å².